The Morgan fingerprint density at radius 3 is 2.26 bits per heavy atom. The standard InChI is InChI=1S/C21H29N3O2.HI/c1-5-22-21(23-13-12-17-6-9-19(25-3)10-7-17)24-15-18-8-11-20(26-4)16(2)14-18;/h6-11,14H,5,12-13,15H2,1-4H3,(H2,22,23,24);1H. The molecule has 2 rings (SSSR count). The van der Waals surface area contributed by atoms with Gasteiger partial charge in [-0.2, -0.15) is 0 Å². The van der Waals surface area contributed by atoms with Gasteiger partial charge in [-0.05, 0) is 55.2 Å². The van der Waals surface area contributed by atoms with E-state index in [2.05, 4.69) is 46.8 Å². The van der Waals surface area contributed by atoms with Crippen LogP contribution in [0.1, 0.15) is 23.6 Å². The third-order valence-corrected chi connectivity index (χ3v) is 4.09. The average Bonchev–Trinajstić information content (AvgIpc) is 2.66. The van der Waals surface area contributed by atoms with Gasteiger partial charge < -0.3 is 20.1 Å². The van der Waals surface area contributed by atoms with Gasteiger partial charge >= 0.3 is 0 Å². The lowest BCUT2D eigenvalue weighted by Crippen LogP contribution is -2.38. The van der Waals surface area contributed by atoms with E-state index in [-0.39, 0.29) is 24.0 Å². The first-order chi connectivity index (χ1) is 12.7. The Hall–Kier alpha value is -1.96. The summed E-state index contributed by atoms with van der Waals surface area (Å²) in [5.41, 5.74) is 3.55. The number of aryl methyl sites for hydroxylation is 1. The van der Waals surface area contributed by atoms with Crippen molar-refractivity contribution in [2.24, 2.45) is 4.99 Å². The van der Waals surface area contributed by atoms with Crippen molar-refractivity contribution in [3.8, 4) is 11.5 Å². The Labute approximate surface area is 179 Å². The minimum absolute atomic E-state index is 0. The third kappa shape index (κ3) is 7.66. The van der Waals surface area contributed by atoms with Crippen molar-refractivity contribution >= 4 is 29.9 Å². The third-order valence-electron chi connectivity index (χ3n) is 4.09. The molecule has 0 atom stereocenters. The maximum Gasteiger partial charge on any atom is 0.191 e. The van der Waals surface area contributed by atoms with Crippen LogP contribution in [0.2, 0.25) is 0 Å². The van der Waals surface area contributed by atoms with E-state index in [9.17, 15) is 0 Å². The highest BCUT2D eigenvalue weighted by Gasteiger charge is 2.02. The van der Waals surface area contributed by atoms with Gasteiger partial charge in [0.05, 0.1) is 20.8 Å². The number of methoxy groups -OCH3 is 2. The summed E-state index contributed by atoms with van der Waals surface area (Å²) >= 11 is 0. The largest absolute Gasteiger partial charge is 0.497 e. The molecule has 2 N–H and O–H groups in total. The van der Waals surface area contributed by atoms with Crippen LogP contribution < -0.4 is 20.1 Å². The van der Waals surface area contributed by atoms with Gasteiger partial charge in [-0.1, -0.05) is 24.3 Å². The van der Waals surface area contributed by atoms with Crippen LogP contribution in [0.5, 0.6) is 11.5 Å². The van der Waals surface area contributed by atoms with E-state index in [1.165, 1.54) is 5.56 Å². The lowest BCUT2D eigenvalue weighted by molar-refractivity contribution is 0.411. The first-order valence-corrected chi connectivity index (χ1v) is 8.95. The zero-order chi connectivity index (χ0) is 18.8. The highest BCUT2D eigenvalue weighted by molar-refractivity contribution is 14.0. The predicted molar refractivity (Wildman–Crippen MR) is 123 cm³/mol. The summed E-state index contributed by atoms with van der Waals surface area (Å²) in [6.07, 6.45) is 0.927. The van der Waals surface area contributed by atoms with Gasteiger partial charge in [0.1, 0.15) is 11.5 Å². The second-order valence-corrected chi connectivity index (χ2v) is 6.02. The molecule has 2 aromatic carbocycles. The van der Waals surface area contributed by atoms with E-state index in [4.69, 9.17) is 9.47 Å². The molecule has 0 aliphatic carbocycles. The maximum atomic E-state index is 5.31. The number of nitrogens with zero attached hydrogens (tertiary/aromatic N) is 1. The van der Waals surface area contributed by atoms with Crippen LogP contribution >= 0.6 is 24.0 Å². The van der Waals surface area contributed by atoms with E-state index in [1.807, 2.05) is 25.1 Å². The van der Waals surface area contributed by atoms with Gasteiger partial charge in [0, 0.05) is 13.1 Å². The second-order valence-electron chi connectivity index (χ2n) is 6.02. The lowest BCUT2D eigenvalue weighted by Gasteiger charge is -2.12. The van der Waals surface area contributed by atoms with Crippen LogP contribution in [0.3, 0.4) is 0 Å². The molecule has 148 valence electrons. The molecular weight excluding hydrogens is 453 g/mol. The smallest absolute Gasteiger partial charge is 0.191 e. The SMILES string of the molecule is CCNC(=NCc1ccc(OC)c(C)c1)NCCc1ccc(OC)cc1.I. The molecule has 0 spiro atoms. The topological polar surface area (TPSA) is 54.9 Å². The van der Waals surface area contributed by atoms with Gasteiger partial charge in [-0.15, -0.1) is 24.0 Å². The Bertz CT molecular complexity index is 718. The van der Waals surface area contributed by atoms with Crippen molar-refractivity contribution in [3.05, 3.63) is 59.2 Å². The molecule has 0 amide bonds. The zero-order valence-electron chi connectivity index (χ0n) is 16.5. The summed E-state index contributed by atoms with van der Waals surface area (Å²) in [5.74, 6) is 2.61. The van der Waals surface area contributed by atoms with Gasteiger partial charge in [0.15, 0.2) is 5.96 Å². The van der Waals surface area contributed by atoms with Crippen LogP contribution in [0, 0.1) is 6.92 Å². The van der Waals surface area contributed by atoms with E-state index in [0.29, 0.717) is 6.54 Å². The summed E-state index contributed by atoms with van der Waals surface area (Å²) in [5, 5.41) is 6.68. The summed E-state index contributed by atoms with van der Waals surface area (Å²) in [4.78, 5) is 4.67. The number of benzene rings is 2. The molecule has 2 aromatic rings. The van der Waals surface area contributed by atoms with Gasteiger partial charge in [-0.3, -0.25) is 0 Å². The van der Waals surface area contributed by atoms with E-state index >= 15 is 0 Å². The highest BCUT2D eigenvalue weighted by Crippen LogP contribution is 2.18. The fourth-order valence-electron chi connectivity index (χ4n) is 2.67. The molecule has 0 heterocycles. The van der Waals surface area contributed by atoms with Crippen molar-refractivity contribution in [2.75, 3.05) is 27.3 Å². The van der Waals surface area contributed by atoms with Crippen molar-refractivity contribution in [3.63, 3.8) is 0 Å². The first-order valence-electron chi connectivity index (χ1n) is 8.95. The number of ether oxygens (including phenoxy) is 2. The Morgan fingerprint density at radius 1 is 0.963 bits per heavy atom. The van der Waals surface area contributed by atoms with E-state index < -0.39 is 0 Å². The molecular formula is C21H30IN3O2. The molecule has 27 heavy (non-hydrogen) atoms. The van der Waals surface area contributed by atoms with Crippen LogP contribution in [-0.2, 0) is 13.0 Å². The van der Waals surface area contributed by atoms with Crippen LogP contribution in [0.15, 0.2) is 47.5 Å². The minimum Gasteiger partial charge on any atom is -0.497 e. The lowest BCUT2D eigenvalue weighted by atomic mass is 10.1. The number of hydrogen-bond acceptors (Lipinski definition) is 3. The molecule has 0 aliphatic rings. The highest BCUT2D eigenvalue weighted by atomic mass is 127. The Kier molecular flexibility index (Phi) is 10.6. The average molecular weight is 483 g/mol. The molecule has 0 saturated heterocycles. The number of rotatable bonds is 8. The monoisotopic (exact) mass is 483 g/mol. The minimum atomic E-state index is 0. The fraction of sp³-hybridized carbons (Fsp3) is 0.381. The summed E-state index contributed by atoms with van der Waals surface area (Å²) < 4.78 is 10.5. The zero-order valence-corrected chi connectivity index (χ0v) is 18.9. The summed E-state index contributed by atoms with van der Waals surface area (Å²) in [6.45, 7) is 6.39. The first kappa shape index (κ1) is 23.1. The van der Waals surface area contributed by atoms with Gasteiger partial charge in [-0.25, -0.2) is 4.99 Å². The van der Waals surface area contributed by atoms with Crippen molar-refractivity contribution in [2.45, 2.75) is 26.8 Å². The van der Waals surface area contributed by atoms with E-state index in [1.54, 1.807) is 14.2 Å². The maximum absolute atomic E-state index is 5.31. The number of nitrogens with one attached hydrogen (secondary N) is 2. The van der Waals surface area contributed by atoms with Crippen molar-refractivity contribution in [1.82, 2.24) is 10.6 Å². The summed E-state index contributed by atoms with van der Waals surface area (Å²) in [6, 6.07) is 14.3. The van der Waals surface area contributed by atoms with Crippen LogP contribution in [-0.4, -0.2) is 33.3 Å². The van der Waals surface area contributed by atoms with E-state index in [0.717, 1.165) is 48.1 Å². The number of halogens is 1. The van der Waals surface area contributed by atoms with Crippen molar-refractivity contribution in [1.29, 1.82) is 0 Å². The molecule has 0 radical (unpaired) electrons. The molecule has 0 unspecified atom stereocenters. The number of guanidine groups is 1. The molecule has 5 nitrogen and oxygen atoms in total. The Morgan fingerprint density at radius 2 is 1.67 bits per heavy atom. The quantitative estimate of drug-likeness (QED) is 0.340. The molecule has 0 fully saturated rings. The van der Waals surface area contributed by atoms with Gasteiger partial charge in [0.2, 0.25) is 0 Å². The normalized spacial score (nSPS) is 10.7. The fourth-order valence-corrected chi connectivity index (χ4v) is 2.67. The summed E-state index contributed by atoms with van der Waals surface area (Å²) in [7, 11) is 3.37. The molecule has 0 aliphatic heterocycles. The van der Waals surface area contributed by atoms with Crippen LogP contribution in [0.4, 0.5) is 0 Å². The number of hydrogen-bond donors (Lipinski definition) is 2. The van der Waals surface area contributed by atoms with Crippen molar-refractivity contribution < 1.29 is 9.47 Å². The number of aliphatic imine (C=N–C) groups is 1. The Balaban J connectivity index is 0.00000364. The molecule has 6 heteroatoms. The molecule has 0 saturated carbocycles. The molecule has 0 bridgehead atoms. The molecule has 0 aromatic heterocycles. The van der Waals surface area contributed by atoms with Gasteiger partial charge in [0.25, 0.3) is 0 Å². The second kappa shape index (κ2) is 12.4. The predicted octanol–water partition coefficient (Wildman–Crippen LogP) is 3.93. The van der Waals surface area contributed by atoms with Crippen LogP contribution in [0.25, 0.3) is 0 Å².